The monoisotopic (exact) mass is 478 g/mol. The van der Waals surface area contributed by atoms with Crippen LogP contribution in [0.3, 0.4) is 0 Å². The molecular formula is C26H30N4O5. The lowest BCUT2D eigenvalue weighted by Gasteiger charge is -2.34. The van der Waals surface area contributed by atoms with Crippen LogP contribution in [0, 0.1) is 5.92 Å². The summed E-state index contributed by atoms with van der Waals surface area (Å²) in [5.74, 6) is 0.871. The summed E-state index contributed by atoms with van der Waals surface area (Å²) in [5, 5.41) is 14.5. The molecule has 0 spiro atoms. The Bertz CT molecular complexity index is 1220. The van der Waals surface area contributed by atoms with Crippen molar-refractivity contribution in [3.63, 3.8) is 0 Å². The number of H-pyrrole nitrogens is 1. The van der Waals surface area contributed by atoms with E-state index in [2.05, 4.69) is 15.3 Å². The van der Waals surface area contributed by atoms with Crippen LogP contribution in [0.2, 0.25) is 0 Å². The van der Waals surface area contributed by atoms with E-state index in [1.165, 1.54) is 7.11 Å². The van der Waals surface area contributed by atoms with Gasteiger partial charge in [-0.1, -0.05) is 18.2 Å². The van der Waals surface area contributed by atoms with Gasteiger partial charge in [0.05, 0.1) is 25.0 Å². The topological polar surface area (TPSA) is 117 Å². The second kappa shape index (κ2) is 9.95. The summed E-state index contributed by atoms with van der Waals surface area (Å²) in [5.41, 5.74) is 1.84. The van der Waals surface area contributed by atoms with Crippen molar-refractivity contribution in [1.82, 2.24) is 20.2 Å². The molecule has 3 aromatic rings. The van der Waals surface area contributed by atoms with Gasteiger partial charge in [0.2, 0.25) is 5.91 Å². The van der Waals surface area contributed by atoms with Crippen LogP contribution in [0.4, 0.5) is 4.79 Å². The number of aromatic hydroxyl groups is 1. The number of rotatable bonds is 5. The van der Waals surface area contributed by atoms with E-state index in [-0.39, 0.29) is 23.6 Å². The molecule has 184 valence electrons. The fourth-order valence-electron chi connectivity index (χ4n) is 5.16. The molecule has 0 saturated carbocycles. The van der Waals surface area contributed by atoms with E-state index in [0.717, 1.165) is 40.7 Å². The number of aromatic amines is 1. The molecule has 9 nitrogen and oxygen atoms in total. The fraction of sp³-hybridized carbons (Fsp3) is 0.423. The highest BCUT2D eigenvalue weighted by molar-refractivity contribution is 5.88. The van der Waals surface area contributed by atoms with Gasteiger partial charge in [0.1, 0.15) is 17.6 Å². The van der Waals surface area contributed by atoms with E-state index >= 15 is 0 Å². The van der Waals surface area contributed by atoms with Gasteiger partial charge in [-0.25, -0.2) is 9.78 Å². The summed E-state index contributed by atoms with van der Waals surface area (Å²) < 4.78 is 10.3. The van der Waals surface area contributed by atoms with Crippen molar-refractivity contribution in [2.45, 2.75) is 37.8 Å². The van der Waals surface area contributed by atoms with Crippen LogP contribution in [0.15, 0.2) is 42.6 Å². The maximum atomic E-state index is 13.7. The number of carbonyl (C=O) groups excluding carboxylic acids is 2. The molecule has 0 bridgehead atoms. The number of hydrogen-bond donors (Lipinski definition) is 3. The predicted octanol–water partition coefficient (Wildman–Crippen LogP) is 3.75. The standard InChI is InChI=1S/C26H30N4O5/c1-34-26(33)29-23(16-8-11-35-12-9-16)25(32)30-10-2-3-22(30)24-27-15-21(28-24)19-5-4-18-14-20(31)7-6-17(18)13-19/h4-7,13-16,22-23,31H,2-3,8-12H2,1H3,(H,27,28)(H,29,33)/t22-,23?/m0/s1. The quantitative estimate of drug-likeness (QED) is 0.514. The molecule has 3 heterocycles. The molecule has 2 atom stereocenters. The minimum absolute atomic E-state index is 0.000739. The lowest BCUT2D eigenvalue weighted by atomic mass is 9.90. The van der Waals surface area contributed by atoms with Crippen molar-refractivity contribution < 1.29 is 24.2 Å². The third kappa shape index (κ3) is 4.81. The van der Waals surface area contributed by atoms with Gasteiger partial charge in [0, 0.05) is 25.3 Å². The Kier molecular flexibility index (Phi) is 6.59. The molecule has 2 aliphatic heterocycles. The number of amides is 2. The van der Waals surface area contributed by atoms with Crippen molar-refractivity contribution in [3.05, 3.63) is 48.4 Å². The second-order valence-corrected chi connectivity index (χ2v) is 9.18. The Balaban J connectivity index is 1.37. The first-order valence-corrected chi connectivity index (χ1v) is 12.0. The minimum atomic E-state index is -0.654. The molecule has 2 fully saturated rings. The number of phenols is 1. The van der Waals surface area contributed by atoms with Crippen LogP contribution < -0.4 is 5.32 Å². The number of phenolic OH excluding ortho intramolecular Hbond substituents is 1. The molecule has 1 unspecified atom stereocenters. The first kappa shape index (κ1) is 23.2. The first-order chi connectivity index (χ1) is 17.0. The molecule has 2 aliphatic rings. The predicted molar refractivity (Wildman–Crippen MR) is 130 cm³/mol. The summed E-state index contributed by atoms with van der Waals surface area (Å²) in [6.07, 6.45) is 4.28. The fourth-order valence-corrected chi connectivity index (χ4v) is 5.16. The van der Waals surface area contributed by atoms with E-state index in [1.807, 2.05) is 29.2 Å². The van der Waals surface area contributed by atoms with Gasteiger partial charge in [0.25, 0.3) is 0 Å². The molecule has 2 aromatic carbocycles. The van der Waals surface area contributed by atoms with Crippen LogP contribution in [-0.4, -0.2) is 64.9 Å². The molecule has 0 aliphatic carbocycles. The minimum Gasteiger partial charge on any atom is -0.508 e. The number of aromatic nitrogens is 2. The number of nitrogens with one attached hydrogen (secondary N) is 2. The summed E-state index contributed by atoms with van der Waals surface area (Å²) in [6.45, 7) is 1.77. The van der Waals surface area contributed by atoms with E-state index in [4.69, 9.17) is 9.47 Å². The number of likely N-dealkylation sites (tertiary alicyclic amines) is 1. The smallest absolute Gasteiger partial charge is 0.407 e. The van der Waals surface area contributed by atoms with Gasteiger partial charge in [-0.2, -0.15) is 0 Å². The van der Waals surface area contributed by atoms with E-state index in [9.17, 15) is 14.7 Å². The lowest BCUT2D eigenvalue weighted by molar-refractivity contribution is -0.136. The Morgan fingerprint density at radius 3 is 2.74 bits per heavy atom. The zero-order valence-corrected chi connectivity index (χ0v) is 19.7. The average molecular weight is 479 g/mol. The number of alkyl carbamates (subject to hydrolysis) is 1. The highest BCUT2D eigenvalue weighted by atomic mass is 16.5. The van der Waals surface area contributed by atoms with Crippen LogP contribution >= 0.6 is 0 Å². The van der Waals surface area contributed by atoms with Gasteiger partial charge >= 0.3 is 6.09 Å². The van der Waals surface area contributed by atoms with E-state index in [1.54, 1.807) is 18.3 Å². The molecule has 2 saturated heterocycles. The average Bonchev–Trinajstić information content (AvgIpc) is 3.57. The van der Waals surface area contributed by atoms with Crippen LogP contribution in [-0.2, 0) is 14.3 Å². The third-order valence-corrected chi connectivity index (χ3v) is 7.04. The highest BCUT2D eigenvalue weighted by Crippen LogP contribution is 2.34. The summed E-state index contributed by atoms with van der Waals surface area (Å²) in [6, 6.07) is 10.4. The molecule has 3 N–H and O–H groups in total. The number of ether oxygens (including phenoxy) is 2. The van der Waals surface area contributed by atoms with Gasteiger partial charge in [-0.3, -0.25) is 4.79 Å². The Labute approximate surface area is 203 Å². The number of fused-ring (bicyclic) bond motifs is 1. The zero-order chi connectivity index (χ0) is 24.4. The second-order valence-electron chi connectivity index (χ2n) is 9.18. The summed E-state index contributed by atoms with van der Waals surface area (Å²) in [7, 11) is 1.30. The third-order valence-electron chi connectivity index (χ3n) is 7.04. The highest BCUT2D eigenvalue weighted by Gasteiger charge is 2.40. The number of methoxy groups -OCH3 is 1. The maximum absolute atomic E-state index is 13.7. The molecule has 2 amide bonds. The molecule has 5 rings (SSSR count). The normalized spacial score (nSPS) is 19.6. The van der Waals surface area contributed by atoms with Gasteiger partial charge in [0.15, 0.2) is 0 Å². The molecule has 1 aromatic heterocycles. The number of carbonyl (C=O) groups is 2. The Morgan fingerprint density at radius 2 is 1.94 bits per heavy atom. The summed E-state index contributed by atoms with van der Waals surface area (Å²) >= 11 is 0. The van der Waals surface area contributed by atoms with Crippen molar-refractivity contribution in [2.24, 2.45) is 5.92 Å². The van der Waals surface area contributed by atoms with Crippen LogP contribution in [0.25, 0.3) is 22.0 Å². The Hall–Kier alpha value is -3.59. The van der Waals surface area contributed by atoms with Crippen LogP contribution in [0.5, 0.6) is 5.75 Å². The lowest BCUT2D eigenvalue weighted by Crippen LogP contribution is -2.53. The zero-order valence-electron chi connectivity index (χ0n) is 19.7. The van der Waals surface area contributed by atoms with Gasteiger partial charge in [-0.15, -0.1) is 0 Å². The van der Waals surface area contributed by atoms with Crippen molar-refractivity contribution in [3.8, 4) is 17.0 Å². The first-order valence-electron chi connectivity index (χ1n) is 12.0. The van der Waals surface area contributed by atoms with Gasteiger partial charge in [-0.05, 0) is 60.6 Å². The number of nitrogens with zero attached hydrogens (tertiary/aromatic N) is 2. The molecule has 9 heteroatoms. The number of hydrogen-bond acceptors (Lipinski definition) is 6. The molecule has 0 radical (unpaired) electrons. The van der Waals surface area contributed by atoms with Crippen molar-refractivity contribution in [2.75, 3.05) is 26.9 Å². The SMILES string of the molecule is COC(=O)NC(C(=O)N1CCC[C@H]1c1ncc(-c2ccc3cc(O)ccc3c2)[nH]1)C1CCOCC1. The maximum Gasteiger partial charge on any atom is 0.407 e. The Morgan fingerprint density at radius 1 is 1.17 bits per heavy atom. The largest absolute Gasteiger partial charge is 0.508 e. The number of benzene rings is 2. The van der Waals surface area contributed by atoms with Crippen molar-refractivity contribution in [1.29, 1.82) is 0 Å². The van der Waals surface area contributed by atoms with Crippen LogP contribution in [0.1, 0.15) is 37.5 Å². The molecule has 35 heavy (non-hydrogen) atoms. The summed E-state index contributed by atoms with van der Waals surface area (Å²) in [4.78, 5) is 35.6. The van der Waals surface area contributed by atoms with E-state index < -0.39 is 12.1 Å². The van der Waals surface area contributed by atoms with Crippen molar-refractivity contribution >= 4 is 22.8 Å². The number of imidazole rings is 1. The van der Waals surface area contributed by atoms with E-state index in [0.29, 0.717) is 32.6 Å². The molecular weight excluding hydrogens is 448 g/mol. The van der Waals surface area contributed by atoms with Gasteiger partial charge < -0.3 is 29.8 Å².